The van der Waals surface area contributed by atoms with E-state index in [0.29, 0.717) is 42.7 Å². The predicted octanol–water partition coefficient (Wildman–Crippen LogP) is 1.90. The molecule has 0 saturated carbocycles. The van der Waals surface area contributed by atoms with E-state index in [1.54, 1.807) is 18.1 Å². The minimum Gasteiger partial charge on any atom is -1.00 e. The number of hydrogen-bond acceptors (Lipinski definition) is 9. The Morgan fingerprint density at radius 1 is 1.22 bits per heavy atom. The fourth-order valence-corrected chi connectivity index (χ4v) is 3.56. The molecule has 0 fully saturated rings. The van der Waals surface area contributed by atoms with Gasteiger partial charge in [-0.2, -0.15) is 5.26 Å². The first-order valence-electron chi connectivity index (χ1n) is 11.1. The summed E-state index contributed by atoms with van der Waals surface area (Å²) in [4.78, 5) is 22.1. The van der Waals surface area contributed by atoms with Crippen LogP contribution in [0.3, 0.4) is 0 Å². The Bertz CT molecular complexity index is 1300. The van der Waals surface area contributed by atoms with Gasteiger partial charge < -0.3 is 25.6 Å². The number of hydrogen-bond donors (Lipinski definition) is 1. The van der Waals surface area contributed by atoms with Crippen molar-refractivity contribution in [3.63, 3.8) is 0 Å². The number of rotatable bonds is 5. The molecule has 1 N–H and O–H groups in total. The third kappa shape index (κ3) is 6.63. The summed E-state index contributed by atoms with van der Waals surface area (Å²) in [5, 5.41) is 15.9. The monoisotopic (exact) mass is 498 g/mol. The molecule has 1 amide bonds. The van der Waals surface area contributed by atoms with Gasteiger partial charge in [0.05, 0.1) is 25.1 Å². The topological polar surface area (TPSA) is 126 Å². The first-order chi connectivity index (χ1) is 16.8. The van der Waals surface area contributed by atoms with Crippen molar-refractivity contribution in [3.05, 3.63) is 54.0 Å². The van der Waals surface area contributed by atoms with Gasteiger partial charge in [-0.1, -0.05) is 17.3 Å². The van der Waals surface area contributed by atoms with Crippen LogP contribution in [-0.2, 0) is 4.74 Å². The van der Waals surface area contributed by atoms with Crippen molar-refractivity contribution in [1.82, 2.24) is 20.0 Å². The second kappa shape index (κ2) is 11.6. The van der Waals surface area contributed by atoms with Crippen LogP contribution in [0, 0.1) is 11.3 Å². The van der Waals surface area contributed by atoms with Gasteiger partial charge in [-0.3, -0.25) is 0 Å². The minimum atomic E-state index is -0.518. The van der Waals surface area contributed by atoms with Crippen molar-refractivity contribution in [2.75, 3.05) is 25.5 Å². The van der Waals surface area contributed by atoms with Gasteiger partial charge in [-0.15, -0.1) is 0 Å². The SMILES string of the molecule is COc1cc(C2=CCN(C(=O)OC(C)(C)C)CC2)ccc1-c1cc(Nc2cnc(C#N)cn2)no1.[H-].[Na+]. The molecule has 1 aliphatic rings. The first-order valence-corrected chi connectivity index (χ1v) is 11.1. The summed E-state index contributed by atoms with van der Waals surface area (Å²) in [5.41, 5.74) is 2.60. The Morgan fingerprint density at radius 3 is 2.64 bits per heavy atom. The zero-order chi connectivity index (χ0) is 25.0. The molecule has 1 aromatic carbocycles. The standard InChI is InChI=1S/C25H26N6O4.Na.H/c1-25(2,3)34-24(32)31-9-7-16(8-10-31)17-5-6-19(20(11-17)33-4)21-12-22(30-35-21)29-23-15-27-18(13-26)14-28-23;;/h5-7,11-12,14-15H,8-10H2,1-4H3,(H,28,29,30);;/q;+1;-1. The maximum absolute atomic E-state index is 12.3. The number of aromatic nitrogens is 3. The summed E-state index contributed by atoms with van der Waals surface area (Å²) in [6, 6.07) is 9.52. The second-order valence-electron chi connectivity index (χ2n) is 8.92. The summed E-state index contributed by atoms with van der Waals surface area (Å²) in [6.07, 6.45) is 5.27. The van der Waals surface area contributed by atoms with Gasteiger partial charge in [0, 0.05) is 19.2 Å². The molecule has 4 rings (SSSR count). The molecule has 0 saturated heterocycles. The van der Waals surface area contributed by atoms with E-state index in [0.717, 1.165) is 16.7 Å². The average Bonchev–Trinajstić information content (AvgIpc) is 3.31. The molecule has 0 unspecified atom stereocenters. The quantitative estimate of drug-likeness (QED) is 0.525. The second-order valence-corrected chi connectivity index (χ2v) is 8.92. The fraction of sp³-hybridized carbons (Fsp3) is 0.320. The number of carbonyl (C=O) groups excluding carboxylic acids is 1. The van der Waals surface area contributed by atoms with E-state index in [-0.39, 0.29) is 42.8 Å². The average molecular weight is 499 g/mol. The predicted molar refractivity (Wildman–Crippen MR) is 130 cm³/mol. The summed E-state index contributed by atoms with van der Waals surface area (Å²) >= 11 is 0. The largest absolute Gasteiger partial charge is 1.00 e. The van der Waals surface area contributed by atoms with Crippen molar-refractivity contribution in [2.45, 2.75) is 32.8 Å². The van der Waals surface area contributed by atoms with Crippen LogP contribution in [0.25, 0.3) is 16.9 Å². The van der Waals surface area contributed by atoms with Crippen molar-refractivity contribution < 1.29 is 49.8 Å². The van der Waals surface area contributed by atoms with Crippen LogP contribution in [0.4, 0.5) is 16.4 Å². The number of anilines is 2. The van der Waals surface area contributed by atoms with Crippen LogP contribution >= 0.6 is 0 Å². The number of nitriles is 1. The van der Waals surface area contributed by atoms with Crippen LogP contribution in [0.15, 0.2) is 47.3 Å². The molecule has 0 bridgehead atoms. The van der Waals surface area contributed by atoms with E-state index < -0.39 is 5.60 Å². The van der Waals surface area contributed by atoms with E-state index >= 15 is 0 Å². The molecule has 3 heterocycles. The van der Waals surface area contributed by atoms with Crippen molar-refractivity contribution in [2.24, 2.45) is 0 Å². The zero-order valence-electron chi connectivity index (χ0n) is 22.0. The Kier molecular flexibility index (Phi) is 8.74. The van der Waals surface area contributed by atoms with Gasteiger partial charge in [0.1, 0.15) is 23.2 Å². The molecule has 0 aliphatic carbocycles. The van der Waals surface area contributed by atoms with Crippen LogP contribution in [0.2, 0.25) is 0 Å². The number of nitrogens with one attached hydrogen (secondary N) is 1. The number of amides is 1. The number of benzene rings is 1. The summed E-state index contributed by atoms with van der Waals surface area (Å²) < 4.78 is 16.6. The van der Waals surface area contributed by atoms with Gasteiger partial charge in [-0.25, -0.2) is 14.8 Å². The molecule has 10 nitrogen and oxygen atoms in total. The maximum atomic E-state index is 12.3. The Labute approximate surface area is 233 Å². The molecule has 36 heavy (non-hydrogen) atoms. The van der Waals surface area contributed by atoms with E-state index in [4.69, 9.17) is 19.3 Å². The van der Waals surface area contributed by atoms with Gasteiger partial charge in [0.25, 0.3) is 0 Å². The van der Waals surface area contributed by atoms with E-state index in [1.165, 1.54) is 12.4 Å². The zero-order valence-corrected chi connectivity index (χ0v) is 23.0. The summed E-state index contributed by atoms with van der Waals surface area (Å²) in [7, 11) is 1.60. The molecule has 11 heteroatoms. The van der Waals surface area contributed by atoms with Gasteiger partial charge in [-0.05, 0) is 50.5 Å². The maximum Gasteiger partial charge on any atom is 1.00 e. The Morgan fingerprint density at radius 2 is 2.03 bits per heavy atom. The van der Waals surface area contributed by atoms with Crippen molar-refractivity contribution in [3.8, 4) is 23.1 Å². The normalized spacial score (nSPS) is 13.2. The molecule has 0 spiro atoms. The van der Waals surface area contributed by atoms with Gasteiger partial charge in [0.2, 0.25) is 0 Å². The van der Waals surface area contributed by atoms with Crippen LogP contribution in [-0.4, -0.2) is 51.9 Å². The molecule has 182 valence electrons. The molecular weight excluding hydrogens is 471 g/mol. The van der Waals surface area contributed by atoms with Gasteiger partial charge >= 0.3 is 35.7 Å². The van der Waals surface area contributed by atoms with Crippen molar-refractivity contribution >= 4 is 23.3 Å². The Balaban J connectivity index is 0.00000241. The van der Waals surface area contributed by atoms with E-state index in [1.807, 2.05) is 51.1 Å². The third-order valence-electron chi connectivity index (χ3n) is 5.23. The van der Waals surface area contributed by atoms with Crippen LogP contribution in [0.1, 0.15) is 39.9 Å². The summed E-state index contributed by atoms with van der Waals surface area (Å²) in [5.74, 6) is 2.04. The summed E-state index contributed by atoms with van der Waals surface area (Å²) in [6.45, 7) is 6.65. The molecular formula is C25H27N6NaO4. The van der Waals surface area contributed by atoms with E-state index in [2.05, 4.69) is 20.4 Å². The molecule has 3 aromatic rings. The van der Waals surface area contributed by atoms with Crippen LogP contribution < -0.4 is 39.6 Å². The van der Waals surface area contributed by atoms with E-state index in [9.17, 15) is 4.79 Å². The third-order valence-corrected chi connectivity index (χ3v) is 5.23. The number of carbonyl (C=O) groups is 1. The fourth-order valence-electron chi connectivity index (χ4n) is 3.56. The molecule has 0 radical (unpaired) electrons. The minimum absolute atomic E-state index is 0. The smallest absolute Gasteiger partial charge is 1.00 e. The molecule has 2 aromatic heterocycles. The molecule has 0 atom stereocenters. The number of methoxy groups -OCH3 is 1. The Hall–Kier alpha value is -3.39. The van der Waals surface area contributed by atoms with Crippen LogP contribution in [0.5, 0.6) is 5.75 Å². The van der Waals surface area contributed by atoms with Crippen molar-refractivity contribution in [1.29, 1.82) is 5.26 Å². The molecule has 1 aliphatic heterocycles. The first kappa shape index (κ1) is 27.2. The van der Waals surface area contributed by atoms with Gasteiger partial charge in [0.15, 0.2) is 17.3 Å². The number of ether oxygens (including phenoxy) is 2. The number of nitrogens with zero attached hydrogens (tertiary/aromatic N) is 5.